The molecular weight excluding hydrogens is 470 g/mol. The molecule has 0 spiro atoms. The first-order chi connectivity index (χ1) is 16.3. The van der Waals surface area contributed by atoms with Gasteiger partial charge in [-0.1, -0.05) is 53.6 Å². The second-order valence-electron chi connectivity index (χ2n) is 8.56. The van der Waals surface area contributed by atoms with Crippen molar-refractivity contribution in [2.24, 2.45) is 0 Å². The Bertz CT molecular complexity index is 1250. The lowest BCUT2D eigenvalue weighted by molar-refractivity contribution is 0.0665. The van der Waals surface area contributed by atoms with Gasteiger partial charge in [-0.2, -0.15) is 0 Å². The minimum Gasteiger partial charge on any atom is -0.336 e. The van der Waals surface area contributed by atoms with E-state index in [2.05, 4.69) is 4.90 Å². The Kier molecular flexibility index (Phi) is 7.26. The summed E-state index contributed by atoms with van der Waals surface area (Å²) in [5.41, 5.74) is 2.47. The number of sulfonamides is 1. The number of amides is 1. The van der Waals surface area contributed by atoms with Crippen molar-refractivity contribution < 1.29 is 13.2 Å². The Hall–Kier alpha value is -2.87. The highest BCUT2D eigenvalue weighted by atomic mass is 35.5. The van der Waals surface area contributed by atoms with Gasteiger partial charge in [0.2, 0.25) is 0 Å². The van der Waals surface area contributed by atoms with Crippen LogP contribution in [-0.4, -0.2) is 57.4 Å². The van der Waals surface area contributed by atoms with Crippen molar-refractivity contribution in [2.75, 3.05) is 37.5 Å². The van der Waals surface area contributed by atoms with Gasteiger partial charge < -0.3 is 9.80 Å². The van der Waals surface area contributed by atoms with E-state index >= 15 is 0 Å². The standard InChI is InChI=1S/C26H28ClN3O3S/c1-20-7-13-23(14-8-20)34(32,33)30(19-21-9-11-22(27)12-10-21)25-6-4-3-5-24(25)26(31)29-17-15-28(2)16-18-29/h3-14H,15-19H2,1-2H3. The Labute approximate surface area is 206 Å². The van der Waals surface area contributed by atoms with Gasteiger partial charge in [-0.15, -0.1) is 0 Å². The molecule has 1 aliphatic rings. The van der Waals surface area contributed by atoms with Crippen molar-refractivity contribution in [3.8, 4) is 0 Å². The molecule has 0 N–H and O–H groups in total. The molecule has 1 fully saturated rings. The Morgan fingerprint density at radius 3 is 2.18 bits per heavy atom. The monoisotopic (exact) mass is 497 g/mol. The normalized spacial score (nSPS) is 14.7. The fourth-order valence-electron chi connectivity index (χ4n) is 3.94. The molecule has 3 aromatic carbocycles. The van der Waals surface area contributed by atoms with Gasteiger partial charge >= 0.3 is 0 Å². The molecule has 8 heteroatoms. The van der Waals surface area contributed by atoms with E-state index in [9.17, 15) is 13.2 Å². The Balaban J connectivity index is 1.78. The van der Waals surface area contributed by atoms with Gasteiger partial charge in [0, 0.05) is 31.2 Å². The van der Waals surface area contributed by atoms with Crippen molar-refractivity contribution in [3.63, 3.8) is 0 Å². The summed E-state index contributed by atoms with van der Waals surface area (Å²) in [5, 5.41) is 0.572. The summed E-state index contributed by atoms with van der Waals surface area (Å²) in [7, 11) is -1.93. The maximum Gasteiger partial charge on any atom is 0.264 e. The molecule has 0 atom stereocenters. The van der Waals surface area contributed by atoms with Crippen LogP contribution < -0.4 is 4.31 Å². The second kappa shape index (κ2) is 10.2. The number of piperazine rings is 1. The summed E-state index contributed by atoms with van der Waals surface area (Å²) >= 11 is 6.04. The number of nitrogens with zero attached hydrogens (tertiary/aromatic N) is 3. The third-order valence-electron chi connectivity index (χ3n) is 6.04. The molecule has 3 aromatic rings. The maximum atomic E-state index is 13.9. The molecule has 0 aliphatic carbocycles. The molecule has 0 aromatic heterocycles. The van der Waals surface area contributed by atoms with Crippen LogP contribution in [0.15, 0.2) is 77.7 Å². The molecule has 0 radical (unpaired) electrons. The summed E-state index contributed by atoms with van der Waals surface area (Å²) < 4.78 is 29.1. The van der Waals surface area contributed by atoms with Crippen LogP contribution in [0, 0.1) is 6.92 Å². The van der Waals surface area contributed by atoms with E-state index in [1.54, 1.807) is 77.7 Å². The number of hydrogen-bond acceptors (Lipinski definition) is 4. The predicted octanol–water partition coefficient (Wildman–Crippen LogP) is 4.43. The number of para-hydroxylation sites is 1. The fourth-order valence-corrected chi connectivity index (χ4v) is 5.54. The van der Waals surface area contributed by atoms with Crippen LogP contribution >= 0.6 is 11.6 Å². The lowest BCUT2D eigenvalue weighted by Crippen LogP contribution is -2.47. The van der Waals surface area contributed by atoms with Crippen LogP contribution in [0.25, 0.3) is 0 Å². The number of carbonyl (C=O) groups excluding carboxylic acids is 1. The summed E-state index contributed by atoms with van der Waals surface area (Å²) in [6.45, 7) is 4.75. The number of benzene rings is 3. The topological polar surface area (TPSA) is 60.9 Å². The molecule has 1 aliphatic heterocycles. The van der Waals surface area contributed by atoms with Gasteiger partial charge in [-0.3, -0.25) is 9.10 Å². The molecule has 0 unspecified atom stereocenters. The molecule has 1 saturated heterocycles. The number of anilines is 1. The molecule has 4 rings (SSSR count). The summed E-state index contributed by atoms with van der Waals surface area (Å²) in [6, 6.07) is 20.7. The van der Waals surface area contributed by atoms with Gasteiger partial charge in [0.15, 0.2) is 0 Å². The average molecular weight is 498 g/mol. The van der Waals surface area contributed by atoms with Crippen molar-refractivity contribution in [3.05, 3.63) is 94.5 Å². The number of likely N-dealkylation sites (N-methyl/N-ethyl adjacent to an activating group) is 1. The van der Waals surface area contributed by atoms with E-state index in [0.717, 1.165) is 24.2 Å². The van der Waals surface area contributed by atoms with Crippen LogP contribution in [0.5, 0.6) is 0 Å². The lowest BCUT2D eigenvalue weighted by Gasteiger charge is -2.34. The van der Waals surface area contributed by atoms with Gasteiger partial charge in [0.1, 0.15) is 0 Å². The van der Waals surface area contributed by atoms with Gasteiger partial charge in [-0.25, -0.2) is 8.42 Å². The van der Waals surface area contributed by atoms with Crippen LogP contribution in [0.4, 0.5) is 5.69 Å². The number of halogens is 1. The number of rotatable bonds is 6. The number of aryl methyl sites for hydroxylation is 1. The van der Waals surface area contributed by atoms with Crippen LogP contribution in [0.2, 0.25) is 5.02 Å². The molecule has 1 heterocycles. The zero-order valence-electron chi connectivity index (χ0n) is 19.3. The van der Waals surface area contributed by atoms with Crippen molar-refractivity contribution >= 4 is 33.2 Å². The first-order valence-corrected chi connectivity index (χ1v) is 13.0. The highest BCUT2D eigenvalue weighted by molar-refractivity contribution is 7.92. The number of hydrogen-bond donors (Lipinski definition) is 0. The van der Waals surface area contributed by atoms with E-state index in [4.69, 9.17) is 11.6 Å². The summed E-state index contributed by atoms with van der Waals surface area (Å²) in [6.07, 6.45) is 0. The SMILES string of the molecule is Cc1ccc(S(=O)(=O)N(Cc2ccc(Cl)cc2)c2ccccc2C(=O)N2CCN(C)CC2)cc1. The van der Waals surface area contributed by atoms with Crippen LogP contribution in [-0.2, 0) is 16.6 Å². The van der Waals surface area contributed by atoms with Gasteiger partial charge in [0.25, 0.3) is 15.9 Å². The van der Waals surface area contributed by atoms with E-state index in [-0.39, 0.29) is 17.3 Å². The molecular formula is C26H28ClN3O3S. The zero-order chi connectivity index (χ0) is 24.3. The second-order valence-corrected chi connectivity index (χ2v) is 10.9. The van der Waals surface area contributed by atoms with Crippen LogP contribution in [0.1, 0.15) is 21.5 Å². The Morgan fingerprint density at radius 1 is 0.912 bits per heavy atom. The number of carbonyl (C=O) groups is 1. The van der Waals surface area contributed by atoms with E-state index in [1.165, 1.54) is 4.31 Å². The summed E-state index contributed by atoms with van der Waals surface area (Å²) in [4.78, 5) is 17.6. The smallest absolute Gasteiger partial charge is 0.264 e. The minimum absolute atomic E-state index is 0.0699. The average Bonchev–Trinajstić information content (AvgIpc) is 2.84. The van der Waals surface area contributed by atoms with Gasteiger partial charge in [-0.05, 0) is 55.9 Å². The van der Waals surface area contributed by atoms with Crippen molar-refractivity contribution in [1.82, 2.24) is 9.80 Å². The van der Waals surface area contributed by atoms with E-state index in [1.807, 2.05) is 14.0 Å². The lowest BCUT2D eigenvalue weighted by atomic mass is 10.1. The van der Waals surface area contributed by atoms with E-state index < -0.39 is 10.0 Å². The van der Waals surface area contributed by atoms with Gasteiger partial charge in [0.05, 0.1) is 22.7 Å². The largest absolute Gasteiger partial charge is 0.336 e. The highest BCUT2D eigenvalue weighted by Gasteiger charge is 2.30. The first-order valence-electron chi connectivity index (χ1n) is 11.2. The fraction of sp³-hybridized carbons (Fsp3) is 0.269. The molecule has 0 bridgehead atoms. The third-order valence-corrected chi connectivity index (χ3v) is 8.07. The quantitative estimate of drug-likeness (QED) is 0.505. The maximum absolute atomic E-state index is 13.9. The Morgan fingerprint density at radius 2 is 1.53 bits per heavy atom. The summed E-state index contributed by atoms with van der Waals surface area (Å²) in [5.74, 6) is -0.163. The molecule has 0 saturated carbocycles. The predicted molar refractivity (Wildman–Crippen MR) is 136 cm³/mol. The molecule has 1 amide bonds. The zero-order valence-corrected chi connectivity index (χ0v) is 20.9. The molecule has 178 valence electrons. The van der Waals surface area contributed by atoms with Crippen molar-refractivity contribution in [2.45, 2.75) is 18.4 Å². The highest BCUT2D eigenvalue weighted by Crippen LogP contribution is 2.30. The van der Waals surface area contributed by atoms with Crippen LogP contribution in [0.3, 0.4) is 0 Å². The molecule has 6 nitrogen and oxygen atoms in total. The first kappa shape index (κ1) is 24.3. The van der Waals surface area contributed by atoms with Crippen molar-refractivity contribution in [1.29, 1.82) is 0 Å². The minimum atomic E-state index is -3.95. The van der Waals surface area contributed by atoms with E-state index in [0.29, 0.717) is 29.4 Å². The third kappa shape index (κ3) is 5.27. The molecule has 34 heavy (non-hydrogen) atoms.